The molecule has 1 saturated heterocycles. The fourth-order valence-electron chi connectivity index (χ4n) is 3.47. The van der Waals surface area contributed by atoms with Gasteiger partial charge in [-0.25, -0.2) is 4.68 Å². The minimum Gasteiger partial charge on any atom is -0.437 e. The number of hydrogen-bond donors (Lipinski definition) is 1. The maximum atomic E-state index is 9.10. The number of pyridine rings is 1. The zero-order chi connectivity index (χ0) is 16.9. The average Bonchev–Trinajstić information content (AvgIpc) is 3.13. The van der Waals surface area contributed by atoms with Crippen LogP contribution < -0.4 is 4.74 Å². The lowest BCUT2D eigenvalue weighted by Gasteiger charge is -2.24. The van der Waals surface area contributed by atoms with E-state index in [1.807, 2.05) is 26.1 Å². The van der Waals surface area contributed by atoms with Crippen LogP contribution in [0.5, 0.6) is 11.6 Å². The summed E-state index contributed by atoms with van der Waals surface area (Å²) < 4.78 is 7.86. The minimum absolute atomic E-state index is 0.269. The number of likely N-dealkylation sites (tertiary alicyclic amines) is 1. The number of nitrogens with zero attached hydrogens (tertiary/aromatic N) is 4. The van der Waals surface area contributed by atoms with Gasteiger partial charge in [-0.15, -0.1) is 0 Å². The van der Waals surface area contributed by atoms with Gasteiger partial charge in [0.05, 0.1) is 17.5 Å². The molecule has 130 valence electrons. The molecular formula is C18H26N4O2. The summed E-state index contributed by atoms with van der Waals surface area (Å²) in [5, 5.41) is 13.6. The number of hydrogen-bond acceptors (Lipinski definition) is 5. The maximum Gasteiger partial charge on any atom is 0.222 e. The first-order valence-electron chi connectivity index (χ1n) is 8.64. The summed E-state index contributed by atoms with van der Waals surface area (Å²) in [6.45, 7) is 4.23. The van der Waals surface area contributed by atoms with Crippen LogP contribution in [0.15, 0.2) is 24.5 Å². The second kappa shape index (κ2) is 7.77. The SMILES string of the molecule is Cc1nn(C)c(Oc2cccnc2)c1CN1CCCC1CCCO. The zero-order valence-corrected chi connectivity index (χ0v) is 14.5. The molecular weight excluding hydrogens is 304 g/mol. The van der Waals surface area contributed by atoms with Crippen molar-refractivity contribution >= 4 is 0 Å². The molecule has 0 amide bonds. The van der Waals surface area contributed by atoms with Crippen molar-refractivity contribution in [2.75, 3.05) is 13.2 Å². The second-order valence-corrected chi connectivity index (χ2v) is 6.42. The summed E-state index contributed by atoms with van der Waals surface area (Å²) in [5.41, 5.74) is 2.14. The number of aromatic nitrogens is 3. The van der Waals surface area contributed by atoms with Gasteiger partial charge in [0.25, 0.3) is 0 Å². The van der Waals surface area contributed by atoms with Gasteiger partial charge in [0.2, 0.25) is 5.88 Å². The van der Waals surface area contributed by atoms with Gasteiger partial charge in [0, 0.05) is 32.4 Å². The van der Waals surface area contributed by atoms with E-state index in [4.69, 9.17) is 9.84 Å². The van der Waals surface area contributed by atoms with Crippen LogP contribution in [0, 0.1) is 6.92 Å². The minimum atomic E-state index is 0.269. The highest BCUT2D eigenvalue weighted by molar-refractivity contribution is 5.34. The van der Waals surface area contributed by atoms with Crippen molar-refractivity contribution < 1.29 is 9.84 Å². The number of aryl methyl sites for hydroxylation is 2. The molecule has 1 N–H and O–H groups in total. The van der Waals surface area contributed by atoms with Gasteiger partial charge in [-0.3, -0.25) is 9.88 Å². The summed E-state index contributed by atoms with van der Waals surface area (Å²) >= 11 is 0. The predicted molar refractivity (Wildman–Crippen MR) is 92.0 cm³/mol. The van der Waals surface area contributed by atoms with Gasteiger partial charge in [-0.2, -0.15) is 5.10 Å². The van der Waals surface area contributed by atoms with Crippen LogP contribution >= 0.6 is 0 Å². The Morgan fingerprint density at radius 3 is 3.04 bits per heavy atom. The molecule has 0 bridgehead atoms. The molecule has 2 aromatic heterocycles. The largest absolute Gasteiger partial charge is 0.437 e. The fourth-order valence-corrected chi connectivity index (χ4v) is 3.47. The molecule has 3 rings (SSSR count). The lowest BCUT2D eigenvalue weighted by molar-refractivity contribution is 0.208. The van der Waals surface area contributed by atoms with Gasteiger partial charge in [0.1, 0.15) is 5.75 Å². The first-order chi connectivity index (χ1) is 11.7. The first-order valence-corrected chi connectivity index (χ1v) is 8.64. The van der Waals surface area contributed by atoms with Crippen molar-refractivity contribution in [3.8, 4) is 11.6 Å². The summed E-state index contributed by atoms with van der Waals surface area (Å²) in [5.74, 6) is 1.51. The molecule has 0 saturated carbocycles. The number of aliphatic hydroxyl groups is 1. The highest BCUT2D eigenvalue weighted by Crippen LogP contribution is 2.31. The number of aliphatic hydroxyl groups excluding tert-OH is 1. The molecule has 0 aromatic carbocycles. The van der Waals surface area contributed by atoms with Crippen molar-refractivity contribution in [1.82, 2.24) is 19.7 Å². The summed E-state index contributed by atoms with van der Waals surface area (Å²) in [6.07, 6.45) is 7.79. The lowest BCUT2D eigenvalue weighted by atomic mass is 10.1. The normalized spacial score (nSPS) is 18.2. The molecule has 1 fully saturated rings. The zero-order valence-electron chi connectivity index (χ0n) is 14.5. The van der Waals surface area contributed by atoms with Crippen LogP contribution in [-0.2, 0) is 13.6 Å². The van der Waals surface area contributed by atoms with Gasteiger partial charge >= 0.3 is 0 Å². The summed E-state index contributed by atoms with van der Waals surface area (Å²) in [4.78, 5) is 6.60. The highest BCUT2D eigenvalue weighted by atomic mass is 16.5. The molecule has 1 atom stereocenters. The molecule has 0 aliphatic carbocycles. The number of rotatable bonds is 7. The van der Waals surface area contributed by atoms with E-state index in [0.29, 0.717) is 6.04 Å². The Hall–Kier alpha value is -1.92. The Kier molecular flexibility index (Phi) is 5.48. The molecule has 3 heterocycles. The molecule has 1 aliphatic rings. The van der Waals surface area contributed by atoms with E-state index in [0.717, 1.165) is 48.8 Å². The predicted octanol–water partition coefficient (Wildman–Crippen LogP) is 2.65. The van der Waals surface area contributed by atoms with Gasteiger partial charge < -0.3 is 9.84 Å². The van der Waals surface area contributed by atoms with E-state index in [9.17, 15) is 0 Å². The van der Waals surface area contributed by atoms with E-state index in [2.05, 4.69) is 15.0 Å². The molecule has 0 radical (unpaired) electrons. The van der Waals surface area contributed by atoms with E-state index >= 15 is 0 Å². The van der Waals surface area contributed by atoms with Crippen LogP contribution in [0.4, 0.5) is 0 Å². The molecule has 24 heavy (non-hydrogen) atoms. The molecule has 0 spiro atoms. The third-order valence-electron chi connectivity index (χ3n) is 4.69. The van der Waals surface area contributed by atoms with E-state index in [-0.39, 0.29) is 6.61 Å². The Morgan fingerprint density at radius 2 is 2.29 bits per heavy atom. The lowest BCUT2D eigenvalue weighted by Crippen LogP contribution is -2.29. The average molecular weight is 330 g/mol. The summed E-state index contributed by atoms with van der Waals surface area (Å²) in [7, 11) is 1.91. The van der Waals surface area contributed by atoms with Crippen LogP contribution in [0.2, 0.25) is 0 Å². The smallest absolute Gasteiger partial charge is 0.222 e. The fraction of sp³-hybridized carbons (Fsp3) is 0.556. The first kappa shape index (κ1) is 16.9. The van der Waals surface area contributed by atoms with Crippen molar-refractivity contribution in [2.45, 2.75) is 45.2 Å². The highest BCUT2D eigenvalue weighted by Gasteiger charge is 2.27. The van der Waals surface area contributed by atoms with E-state index in [1.54, 1.807) is 17.1 Å². The number of ether oxygens (including phenoxy) is 1. The third kappa shape index (κ3) is 3.76. The van der Waals surface area contributed by atoms with Crippen LogP contribution in [0.25, 0.3) is 0 Å². The standard InChI is InChI=1S/C18H26N4O2/c1-14-17(13-22-10-4-6-15(22)7-5-11-23)18(21(2)20-14)24-16-8-3-9-19-12-16/h3,8-9,12,15,23H,4-7,10-11,13H2,1-2H3. The Labute approximate surface area is 143 Å². The molecule has 6 heteroatoms. The van der Waals surface area contributed by atoms with Crippen LogP contribution in [-0.4, -0.2) is 44.0 Å². The van der Waals surface area contributed by atoms with E-state index in [1.165, 1.54) is 12.8 Å². The quantitative estimate of drug-likeness (QED) is 0.845. The van der Waals surface area contributed by atoms with E-state index < -0.39 is 0 Å². The van der Waals surface area contributed by atoms with Crippen molar-refractivity contribution in [2.24, 2.45) is 7.05 Å². The molecule has 2 aromatic rings. The van der Waals surface area contributed by atoms with Crippen molar-refractivity contribution in [3.63, 3.8) is 0 Å². The Bertz CT molecular complexity index is 657. The Morgan fingerprint density at radius 1 is 1.42 bits per heavy atom. The molecule has 1 unspecified atom stereocenters. The van der Waals surface area contributed by atoms with Crippen LogP contribution in [0.1, 0.15) is 36.9 Å². The summed E-state index contributed by atoms with van der Waals surface area (Å²) in [6, 6.07) is 4.31. The van der Waals surface area contributed by atoms with Crippen molar-refractivity contribution in [3.05, 3.63) is 35.8 Å². The monoisotopic (exact) mass is 330 g/mol. The topological polar surface area (TPSA) is 63.4 Å². The molecule has 1 aliphatic heterocycles. The maximum absolute atomic E-state index is 9.10. The van der Waals surface area contributed by atoms with Gasteiger partial charge in [-0.05, 0) is 51.3 Å². The van der Waals surface area contributed by atoms with Gasteiger partial charge in [0.15, 0.2) is 0 Å². The van der Waals surface area contributed by atoms with Gasteiger partial charge in [-0.1, -0.05) is 0 Å². The molecule has 6 nitrogen and oxygen atoms in total. The van der Waals surface area contributed by atoms with Crippen molar-refractivity contribution in [1.29, 1.82) is 0 Å². The third-order valence-corrected chi connectivity index (χ3v) is 4.69. The Balaban J connectivity index is 1.77. The van der Waals surface area contributed by atoms with Crippen LogP contribution in [0.3, 0.4) is 0 Å². The second-order valence-electron chi connectivity index (χ2n) is 6.42.